The molecule has 0 saturated heterocycles. The molecule has 1 atom stereocenters. The quantitative estimate of drug-likeness (QED) is 0.729. The van der Waals surface area contributed by atoms with Gasteiger partial charge in [0.2, 0.25) is 0 Å². The van der Waals surface area contributed by atoms with Crippen LogP contribution < -0.4 is 9.47 Å². The Balaban J connectivity index is 2.13. The fraction of sp³-hybridized carbons (Fsp3) is 0.600. The van der Waals surface area contributed by atoms with Gasteiger partial charge in [-0.1, -0.05) is 25.7 Å². The van der Waals surface area contributed by atoms with Gasteiger partial charge in [-0.25, -0.2) is 0 Å². The predicted molar refractivity (Wildman–Crippen MR) is 74.7 cm³/mol. The molecule has 1 aliphatic rings. The maximum Gasteiger partial charge on any atom is 0.123 e. The zero-order chi connectivity index (χ0) is 13.0. The van der Waals surface area contributed by atoms with Crippen LogP contribution in [0.5, 0.6) is 11.5 Å². The van der Waals surface area contributed by atoms with Crippen molar-refractivity contribution in [3.63, 3.8) is 0 Å². The third-order valence-electron chi connectivity index (χ3n) is 3.79. The number of alkyl halides is 1. The molecule has 1 aromatic rings. The second-order valence-electron chi connectivity index (χ2n) is 4.96. The van der Waals surface area contributed by atoms with E-state index in [2.05, 4.69) is 0 Å². The predicted octanol–water partition coefficient (Wildman–Crippen LogP) is 4.56. The van der Waals surface area contributed by atoms with Gasteiger partial charge in [-0.2, -0.15) is 0 Å². The normalized spacial score (nSPS) is 17.7. The van der Waals surface area contributed by atoms with E-state index in [4.69, 9.17) is 21.1 Å². The Bertz CT molecular complexity index is 386. The van der Waals surface area contributed by atoms with E-state index in [1.54, 1.807) is 14.2 Å². The third-order valence-corrected chi connectivity index (χ3v) is 4.20. The summed E-state index contributed by atoms with van der Waals surface area (Å²) in [5, 5.41) is 0.0122. The van der Waals surface area contributed by atoms with Gasteiger partial charge in [-0.15, -0.1) is 11.6 Å². The average Bonchev–Trinajstić information content (AvgIpc) is 2.90. The lowest BCUT2D eigenvalue weighted by atomic mass is 9.97. The molecule has 100 valence electrons. The van der Waals surface area contributed by atoms with Crippen LogP contribution in [0.4, 0.5) is 0 Å². The highest BCUT2D eigenvalue weighted by atomic mass is 35.5. The zero-order valence-electron chi connectivity index (χ0n) is 11.1. The van der Waals surface area contributed by atoms with E-state index < -0.39 is 0 Å². The number of benzene rings is 1. The molecule has 0 spiro atoms. The van der Waals surface area contributed by atoms with E-state index in [0.29, 0.717) is 0 Å². The van der Waals surface area contributed by atoms with Crippen LogP contribution in [0.1, 0.15) is 43.0 Å². The van der Waals surface area contributed by atoms with Crippen molar-refractivity contribution in [2.75, 3.05) is 14.2 Å². The first-order valence-electron chi connectivity index (χ1n) is 6.60. The summed E-state index contributed by atoms with van der Waals surface area (Å²) in [6.07, 6.45) is 6.36. The minimum atomic E-state index is 0.0122. The number of ether oxygens (including phenoxy) is 2. The topological polar surface area (TPSA) is 18.5 Å². The smallest absolute Gasteiger partial charge is 0.123 e. The Kier molecular flexibility index (Phi) is 4.76. The van der Waals surface area contributed by atoms with Crippen molar-refractivity contribution in [2.45, 2.75) is 37.5 Å². The lowest BCUT2D eigenvalue weighted by molar-refractivity contribution is 0.394. The van der Waals surface area contributed by atoms with Crippen LogP contribution in [-0.4, -0.2) is 14.2 Å². The average molecular weight is 269 g/mol. The number of methoxy groups -OCH3 is 2. The molecule has 0 amide bonds. The van der Waals surface area contributed by atoms with Crippen molar-refractivity contribution in [3.8, 4) is 11.5 Å². The van der Waals surface area contributed by atoms with Gasteiger partial charge in [0.15, 0.2) is 0 Å². The molecule has 0 aromatic heterocycles. The molecule has 0 aliphatic heterocycles. The highest BCUT2D eigenvalue weighted by Gasteiger charge is 2.22. The molecule has 1 saturated carbocycles. The molecular formula is C15H21ClO2. The number of hydrogen-bond acceptors (Lipinski definition) is 2. The Morgan fingerprint density at radius 3 is 2.56 bits per heavy atom. The van der Waals surface area contributed by atoms with Crippen LogP contribution in [0.3, 0.4) is 0 Å². The first-order chi connectivity index (χ1) is 8.74. The first kappa shape index (κ1) is 13.5. The van der Waals surface area contributed by atoms with Gasteiger partial charge in [-0.3, -0.25) is 0 Å². The van der Waals surface area contributed by atoms with Gasteiger partial charge in [0.25, 0.3) is 0 Å². The highest BCUT2D eigenvalue weighted by molar-refractivity contribution is 6.21. The largest absolute Gasteiger partial charge is 0.497 e. The van der Waals surface area contributed by atoms with Crippen LogP contribution in [-0.2, 0) is 0 Å². The van der Waals surface area contributed by atoms with Crippen molar-refractivity contribution in [3.05, 3.63) is 23.8 Å². The summed E-state index contributed by atoms with van der Waals surface area (Å²) in [5.41, 5.74) is 1.05. The first-order valence-corrected chi connectivity index (χ1v) is 7.04. The van der Waals surface area contributed by atoms with Crippen LogP contribution in [0.15, 0.2) is 18.2 Å². The van der Waals surface area contributed by atoms with E-state index in [-0.39, 0.29) is 5.38 Å². The molecule has 3 heteroatoms. The van der Waals surface area contributed by atoms with Crippen molar-refractivity contribution in [1.29, 1.82) is 0 Å². The molecule has 1 unspecified atom stereocenters. The van der Waals surface area contributed by atoms with Crippen molar-refractivity contribution < 1.29 is 9.47 Å². The van der Waals surface area contributed by atoms with Crippen LogP contribution in [0.2, 0.25) is 0 Å². The fourth-order valence-electron chi connectivity index (χ4n) is 2.75. The Hall–Kier alpha value is -0.890. The van der Waals surface area contributed by atoms with Gasteiger partial charge in [0.05, 0.1) is 19.6 Å². The van der Waals surface area contributed by atoms with Crippen LogP contribution in [0, 0.1) is 5.92 Å². The Labute approximate surface area is 114 Å². The van der Waals surface area contributed by atoms with Crippen LogP contribution >= 0.6 is 11.6 Å². The summed E-state index contributed by atoms with van der Waals surface area (Å²) in [6.45, 7) is 0. The summed E-state index contributed by atoms with van der Waals surface area (Å²) in [7, 11) is 3.36. The molecule has 1 aromatic carbocycles. The SMILES string of the molecule is COc1ccc(OC)c(C(Cl)CC2CCCC2)c1. The van der Waals surface area contributed by atoms with Gasteiger partial charge in [-0.05, 0) is 30.5 Å². The number of hydrogen-bond donors (Lipinski definition) is 0. The van der Waals surface area contributed by atoms with Gasteiger partial charge >= 0.3 is 0 Å². The second-order valence-corrected chi connectivity index (χ2v) is 5.49. The minimum Gasteiger partial charge on any atom is -0.497 e. The fourth-order valence-corrected chi connectivity index (χ4v) is 3.17. The van der Waals surface area contributed by atoms with Gasteiger partial charge < -0.3 is 9.47 Å². The van der Waals surface area contributed by atoms with Crippen LogP contribution in [0.25, 0.3) is 0 Å². The number of rotatable bonds is 5. The minimum absolute atomic E-state index is 0.0122. The maximum absolute atomic E-state index is 6.56. The van der Waals surface area contributed by atoms with E-state index in [1.807, 2.05) is 18.2 Å². The standard InChI is InChI=1S/C15H21ClO2/c1-17-12-7-8-15(18-2)13(10-12)14(16)9-11-5-3-4-6-11/h7-8,10-11,14H,3-6,9H2,1-2H3. The second kappa shape index (κ2) is 6.33. The molecule has 0 bridgehead atoms. The highest BCUT2D eigenvalue weighted by Crippen LogP contribution is 2.40. The molecule has 0 N–H and O–H groups in total. The third kappa shape index (κ3) is 3.11. The summed E-state index contributed by atoms with van der Waals surface area (Å²) in [5.74, 6) is 2.46. The lowest BCUT2D eigenvalue weighted by Gasteiger charge is -2.18. The maximum atomic E-state index is 6.56. The Morgan fingerprint density at radius 2 is 1.94 bits per heavy atom. The monoisotopic (exact) mass is 268 g/mol. The molecule has 2 nitrogen and oxygen atoms in total. The molecule has 1 aliphatic carbocycles. The summed E-state index contributed by atoms with van der Waals surface area (Å²) < 4.78 is 10.7. The summed E-state index contributed by atoms with van der Waals surface area (Å²) in [6, 6.07) is 5.82. The Morgan fingerprint density at radius 1 is 1.22 bits per heavy atom. The lowest BCUT2D eigenvalue weighted by Crippen LogP contribution is -2.02. The summed E-state index contributed by atoms with van der Waals surface area (Å²) in [4.78, 5) is 0. The summed E-state index contributed by atoms with van der Waals surface area (Å²) >= 11 is 6.56. The van der Waals surface area contributed by atoms with Crippen molar-refractivity contribution >= 4 is 11.6 Å². The van der Waals surface area contributed by atoms with E-state index in [1.165, 1.54) is 25.7 Å². The zero-order valence-corrected chi connectivity index (χ0v) is 11.9. The van der Waals surface area contributed by atoms with Crippen molar-refractivity contribution in [2.24, 2.45) is 5.92 Å². The van der Waals surface area contributed by atoms with E-state index in [0.717, 1.165) is 29.4 Å². The van der Waals surface area contributed by atoms with Gasteiger partial charge in [0, 0.05) is 5.56 Å². The number of halogens is 1. The van der Waals surface area contributed by atoms with Gasteiger partial charge in [0.1, 0.15) is 11.5 Å². The van der Waals surface area contributed by atoms with Crippen molar-refractivity contribution in [1.82, 2.24) is 0 Å². The molecule has 2 rings (SSSR count). The molecule has 0 radical (unpaired) electrons. The van der Waals surface area contributed by atoms with E-state index >= 15 is 0 Å². The molecule has 0 heterocycles. The molecule has 18 heavy (non-hydrogen) atoms. The molecule has 1 fully saturated rings. The molecular weight excluding hydrogens is 248 g/mol. The van der Waals surface area contributed by atoms with E-state index in [9.17, 15) is 0 Å².